The molecule has 0 N–H and O–H groups in total. The van der Waals surface area contributed by atoms with E-state index in [-0.39, 0.29) is 17.8 Å². The monoisotopic (exact) mass is 430 g/mol. The molecule has 0 spiro atoms. The zero-order valence-electron chi connectivity index (χ0n) is 19.0. The van der Waals surface area contributed by atoms with Gasteiger partial charge in [0.25, 0.3) is 0 Å². The third kappa shape index (κ3) is 5.81. The lowest BCUT2D eigenvalue weighted by Gasteiger charge is -2.37. The van der Waals surface area contributed by atoms with Gasteiger partial charge in [-0.1, -0.05) is 112 Å². The van der Waals surface area contributed by atoms with Crippen molar-refractivity contribution in [3.8, 4) is 0 Å². The minimum atomic E-state index is -1.94. The number of hydrogen-bond acceptors (Lipinski definition) is 2. The molecule has 0 bridgehead atoms. The second kappa shape index (κ2) is 11.2. The first-order chi connectivity index (χ1) is 15.1. The average Bonchev–Trinajstić information content (AvgIpc) is 2.85. The Morgan fingerprint density at radius 2 is 1.23 bits per heavy atom. The van der Waals surface area contributed by atoms with Gasteiger partial charge in [0.05, 0.1) is 12.0 Å². The summed E-state index contributed by atoms with van der Waals surface area (Å²) in [5, 5.41) is 0. The van der Waals surface area contributed by atoms with Crippen LogP contribution in [0.3, 0.4) is 0 Å². The summed E-state index contributed by atoms with van der Waals surface area (Å²) < 4.78 is 7.07. The second-order valence-corrected chi connectivity index (χ2v) is 12.9. The Kier molecular flexibility index (Phi) is 8.39. The van der Waals surface area contributed by atoms with Gasteiger partial charge in [-0.2, -0.15) is 0 Å². The first-order valence-corrected chi connectivity index (χ1v) is 14.0. The van der Waals surface area contributed by atoms with Crippen LogP contribution in [-0.2, 0) is 10.8 Å². The Morgan fingerprint density at radius 3 is 1.74 bits per heavy atom. The van der Waals surface area contributed by atoms with Crippen molar-refractivity contribution in [1.82, 2.24) is 0 Å². The number of rotatable bonds is 11. The van der Waals surface area contributed by atoms with Crippen LogP contribution in [0, 0.1) is 5.92 Å². The third-order valence-corrected chi connectivity index (χ3v) is 11.1. The van der Waals surface area contributed by atoms with Gasteiger partial charge >= 0.3 is 0 Å². The van der Waals surface area contributed by atoms with Crippen LogP contribution in [0.25, 0.3) is 0 Å². The van der Waals surface area contributed by atoms with Crippen molar-refractivity contribution >= 4 is 14.1 Å². The zero-order valence-corrected chi connectivity index (χ0v) is 20.0. The van der Waals surface area contributed by atoms with Crippen molar-refractivity contribution in [3.63, 3.8) is 0 Å². The molecule has 162 valence electrons. The Morgan fingerprint density at radius 1 is 0.742 bits per heavy atom. The fourth-order valence-corrected chi connectivity index (χ4v) is 7.16. The van der Waals surface area contributed by atoms with E-state index in [9.17, 15) is 4.79 Å². The molecule has 0 saturated heterocycles. The van der Waals surface area contributed by atoms with Crippen LogP contribution < -0.4 is 0 Å². The Bertz CT molecular complexity index is 913. The standard InChI is InChI=1S/C28H34O2Si/c1-4-31(5-2,6-3)30-28(25-20-14-9-15-21-25)26(22-23-16-10-7-11-17-23)27(29)24-18-12-8-13-19-24/h7-21,26,28H,4-6,22H2,1-3H3/t26-,28-/m1/s1. The molecule has 3 aromatic rings. The highest BCUT2D eigenvalue weighted by Crippen LogP contribution is 2.37. The van der Waals surface area contributed by atoms with Crippen molar-refractivity contribution < 1.29 is 9.22 Å². The molecule has 0 aliphatic rings. The highest BCUT2D eigenvalue weighted by atomic mass is 28.4. The van der Waals surface area contributed by atoms with E-state index in [4.69, 9.17) is 4.43 Å². The maximum atomic E-state index is 13.9. The lowest BCUT2D eigenvalue weighted by molar-refractivity contribution is 0.0712. The van der Waals surface area contributed by atoms with E-state index >= 15 is 0 Å². The maximum absolute atomic E-state index is 13.9. The average molecular weight is 431 g/mol. The summed E-state index contributed by atoms with van der Waals surface area (Å²) in [6, 6.07) is 33.5. The van der Waals surface area contributed by atoms with Crippen molar-refractivity contribution in [3.05, 3.63) is 108 Å². The van der Waals surface area contributed by atoms with Crippen LogP contribution in [-0.4, -0.2) is 14.1 Å². The zero-order chi connectivity index (χ0) is 22.1. The SMILES string of the molecule is CC[Si](CC)(CC)O[C@H](c1ccccc1)[C@H](Cc1ccccc1)C(=O)c1ccccc1. The Balaban J connectivity index is 2.08. The number of carbonyl (C=O) groups excluding carboxylic acids is 1. The van der Waals surface area contributed by atoms with E-state index in [0.717, 1.165) is 34.8 Å². The van der Waals surface area contributed by atoms with E-state index in [1.807, 2.05) is 66.7 Å². The summed E-state index contributed by atoms with van der Waals surface area (Å²) in [7, 11) is -1.94. The molecule has 0 heterocycles. The van der Waals surface area contributed by atoms with E-state index in [2.05, 4.69) is 45.0 Å². The molecule has 0 radical (unpaired) electrons. The molecule has 0 fully saturated rings. The van der Waals surface area contributed by atoms with Gasteiger partial charge in [0.2, 0.25) is 0 Å². The van der Waals surface area contributed by atoms with Gasteiger partial charge < -0.3 is 4.43 Å². The first-order valence-electron chi connectivity index (χ1n) is 11.5. The molecule has 0 unspecified atom stereocenters. The van der Waals surface area contributed by atoms with Crippen molar-refractivity contribution in [1.29, 1.82) is 0 Å². The molecular formula is C28H34O2Si. The maximum Gasteiger partial charge on any atom is 0.192 e. The summed E-state index contributed by atoms with van der Waals surface area (Å²) in [5.41, 5.74) is 3.02. The summed E-state index contributed by atoms with van der Waals surface area (Å²) in [5.74, 6) is -0.117. The summed E-state index contributed by atoms with van der Waals surface area (Å²) in [6.07, 6.45) is 0.413. The van der Waals surface area contributed by atoms with Crippen molar-refractivity contribution in [2.24, 2.45) is 5.92 Å². The van der Waals surface area contributed by atoms with Gasteiger partial charge in [-0.3, -0.25) is 4.79 Å². The lowest BCUT2D eigenvalue weighted by Crippen LogP contribution is -2.41. The smallest absolute Gasteiger partial charge is 0.192 e. The topological polar surface area (TPSA) is 26.3 Å². The van der Waals surface area contributed by atoms with Gasteiger partial charge in [-0.25, -0.2) is 0 Å². The lowest BCUT2D eigenvalue weighted by atomic mass is 9.84. The quantitative estimate of drug-likeness (QED) is 0.233. The van der Waals surface area contributed by atoms with Crippen LogP contribution in [0.4, 0.5) is 0 Å². The molecule has 3 heteroatoms. The van der Waals surface area contributed by atoms with Crippen LogP contribution in [0.2, 0.25) is 18.1 Å². The number of carbonyl (C=O) groups is 1. The molecule has 0 aliphatic heterocycles. The first kappa shape index (κ1) is 23.2. The Labute approximate surface area is 188 Å². The van der Waals surface area contributed by atoms with E-state index < -0.39 is 8.32 Å². The van der Waals surface area contributed by atoms with E-state index in [0.29, 0.717) is 6.42 Å². The molecule has 0 aliphatic carbocycles. The van der Waals surface area contributed by atoms with Gasteiger partial charge in [-0.15, -0.1) is 0 Å². The molecule has 0 aromatic heterocycles. The molecular weight excluding hydrogens is 396 g/mol. The molecule has 31 heavy (non-hydrogen) atoms. The van der Waals surface area contributed by atoms with Gasteiger partial charge in [0.1, 0.15) is 0 Å². The molecule has 0 saturated carbocycles. The fraction of sp³-hybridized carbons (Fsp3) is 0.321. The van der Waals surface area contributed by atoms with Crippen LogP contribution in [0.15, 0.2) is 91.0 Å². The minimum Gasteiger partial charge on any atom is -0.409 e. The predicted octanol–water partition coefficient (Wildman–Crippen LogP) is 7.49. The molecule has 2 atom stereocenters. The molecule has 3 aromatic carbocycles. The predicted molar refractivity (Wildman–Crippen MR) is 132 cm³/mol. The Hall–Kier alpha value is -2.49. The summed E-state index contributed by atoms with van der Waals surface area (Å²) >= 11 is 0. The van der Waals surface area contributed by atoms with Crippen LogP contribution >= 0.6 is 0 Å². The molecule has 0 amide bonds. The highest BCUT2D eigenvalue weighted by Gasteiger charge is 2.38. The molecule has 3 rings (SSSR count). The normalized spacial score (nSPS) is 13.5. The van der Waals surface area contributed by atoms with Crippen LogP contribution in [0.1, 0.15) is 48.4 Å². The highest BCUT2D eigenvalue weighted by molar-refractivity contribution is 6.73. The number of ketones is 1. The van der Waals surface area contributed by atoms with Gasteiger partial charge in [0.15, 0.2) is 14.1 Å². The summed E-state index contributed by atoms with van der Waals surface area (Å²) in [4.78, 5) is 13.9. The number of hydrogen-bond donors (Lipinski definition) is 0. The van der Waals surface area contributed by atoms with Crippen molar-refractivity contribution in [2.75, 3.05) is 0 Å². The van der Waals surface area contributed by atoms with E-state index in [1.165, 1.54) is 0 Å². The fourth-order valence-electron chi connectivity index (χ4n) is 4.32. The summed E-state index contributed by atoms with van der Waals surface area (Å²) in [6.45, 7) is 6.73. The number of Topliss-reactive ketones (excluding diaryl/α,β-unsaturated/α-hetero) is 1. The van der Waals surface area contributed by atoms with Crippen LogP contribution in [0.5, 0.6) is 0 Å². The molecule has 2 nitrogen and oxygen atoms in total. The number of benzene rings is 3. The second-order valence-electron chi connectivity index (χ2n) is 8.22. The van der Waals surface area contributed by atoms with Gasteiger partial charge in [-0.05, 0) is 35.7 Å². The van der Waals surface area contributed by atoms with Crippen molar-refractivity contribution in [2.45, 2.75) is 51.4 Å². The van der Waals surface area contributed by atoms with E-state index in [1.54, 1.807) is 0 Å². The third-order valence-electron chi connectivity index (χ3n) is 6.50. The minimum absolute atomic E-state index is 0.157. The van der Waals surface area contributed by atoms with Gasteiger partial charge in [0, 0.05) is 5.56 Å². The largest absolute Gasteiger partial charge is 0.409 e.